The SMILES string of the molecule is CC(C(C)(F)F)C(F)(F)F.CC(C)(C(F)(F)F)C(F)(F)F.CC(C)(C)C.CC(C)(C)C(F)(F)F.CC(C)(C)F.CC(C)(F)C(F)(F)F.CC(C)(F)CF.CC(C)C.CC(C)C(C)(F)F.CC(C)C(F)(F)F.CC(F)(CF)C(F)(F)F.CCC(C)(C)F.CCC(C)(F)C(F)(F)F.CCC(C)C.CCC(C)C(F)(F)F.CF.CF. The van der Waals surface area contributed by atoms with Crippen molar-refractivity contribution in [2.24, 2.45) is 51.8 Å². The van der Waals surface area contributed by atoms with E-state index in [0.29, 0.717) is 53.9 Å². The van der Waals surface area contributed by atoms with Gasteiger partial charge in [0.25, 0.3) is 5.92 Å². The molecule has 0 N–H and O–H groups in total. The Labute approximate surface area is 641 Å². The Morgan fingerprint density at radius 1 is 0.259 bits per heavy atom. The lowest BCUT2D eigenvalue weighted by Crippen LogP contribution is -2.44. The molecule has 0 saturated heterocycles. The standard InChI is InChI=1S/C5H6F6.C5H7F5.C5H8F4.2C5H9F3.C5H10F2.C5H11F.2C5H12.C4H5F5.C4H6F4.C4H7F3.C4H8F2.C4H9F.C4H10.2CH3F/c1-3(2,4(6,7)8)5(9,10)11;1-3(4(2,6)7)5(8,9)10;1-3-4(2,6)5(7,8)9;1-4(2,3)5(6,7)8;1-3-4(2)5(6,7)8;1-4(2)5(3,6)7;1-4-5(2,3)6;1-5(2,3)4;1-4-5(2)3;1-3(6,2-5)4(7,8)9;1-3(2,5)4(6,7)8;1-3(2)4(5,6)7;1-4(2,6)3-5;1-4(2,3)5;1-4(2)3;2*1-2/h1-2H3;3H,1-2H3;3H2,1-2H3;1-3H3;4H,3H2,1-2H3;4H,1-3H3;4H2,1-3H3;1-4H3;5H,4H2,1-3H3;2H2,1H3;1-2H3;3H,1-2H3;3H2,1-2H3;1-3H3;4H,1-3H3;2*1H3. The van der Waals surface area contributed by atoms with Crippen LogP contribution in [0.4, 0.5) is 180 Å². The van der Waals surface area contributed by atoms with Crippen molar-refractivity contribution in [3.8, 4) is 0 Å². The zero-order valence-corrected chi connectivity index (χ0v) is 72.2. The maximum Gasteiger partial charge on any atom is 0.424 e. The average Bonchev–Trinajstić information content (AvgIpc) is 0.790. The summed E-state index contributed by atoms with van der Waals surface area (Å²) in [6.07, 6.45) is -40.3. The van der Waals surface area contributed by atoms with E-state index in [4.69, 9.17) is 0 Å². The molecule has 0 heterocycles. The number of rotatable bonds is 8. The quantitative estimate of drug-likeness (QED) is 0.213. The first-order chi connectivity index (χ1) is 47.3. The summed E-state index contributed by atoms with van der Waals surface area (Å²) in [7, 11) is 1.00. The zero-order chi connectivity index (χ0) is 97.7. The second kappa shape index (κ2) is 62.3. The summed E-state index contributed by atoms with van der Waals surface area (Å²) in [5, 5.41) is 0. The van der Waals surface area contributed by atoms with Crippen molar-refractivity contribution in [1.82, 2.24) is 0 Å². The fraction of sp³-hybridized carbons (Fsp3) is 1.00. The molecule has 0 rings (SSSR count). The van der Waals surface area contributed by atoms with Gasteiger partial charge in [-0.1, -0.05) is 152 Å². The lowest BCUT2D eigenvalue weighted by atomic mass is 9.92. The van der Waals surface area contributed by atoms with Gasteiger partial charge in [-0.2, -0.15) is 119 Å². The monoisotopic (exact) mass is 1770 g/mol. The Morgan fingerprint density at radius 2 is 0.438 bits per heavy atom. The summed E-state index contributed by atoms with van der Waals surface area (Å²) in [5.74, 6) is -9.92. The van der Waals surface area contributed by atoms with E-state index in [-0.39, 0.29) is 34.1 Å². The number of alkyl halides is 41. The van der Waals surface area contributed by atoms with Crippen LogP contribution >= 0.6 is 0 Å². The van der Waals surface area contributed by atoms with Crippen LogP contribution in [0.5, 0.6) is 0 Å². The van der Waals surface area contributed by atoms with Crippen LogP contribution in [0.15, 0.2) is 0 Å². The maximum absolute atomic E-state index is 12.2. The van der Waals surface area contributed by atoms with Crippen molar-refractivity contribution >= 4 is 0 Å². The number of hydrogen-bond donors (Lipinski definition) is 0. The average molecular weight is 1770 g/mol. The van der Waals surface area contributed by atoms with Crippen LogP contribution in [0.3, 0.4) is 0 Å². The molecule has 4 atom stereocenters. The first-order valence-corrected chi connectivity index (χ1v) is 33.6. The van der Waals surface area contributed by atoms with Gasteiger partial charge in [-0.05, 0) is 147 Å². The predicted molar refractivity (Wildman–Crippen MR) is 370 cm³/mol. The lowest BCUT2D eigenvalue weighted by Gasteiger charge is -2.29. The van der Waals surface area contributed by atoms with Crippen molar-refractivity contribution in [3.05, 3.63) is 0 Å². The molecule has 0 aromatic rings. The summed E-state index contributed by atoms with van der Waals surface area (Å²) >= 11 is 0. The minimum absolute atomic E-state index is 0.104. The second-order valence-electron chi connectivity index (χ2n) is 31.6. The highest BCUT2D eigenvalue weighted by molar-refractivity contribution is 4.85. The molecule has 0 aliphatic carbocycles. The first kappa shape index (κ1) is 150. The van der Waals surface area contributed by atoms with E-state index < -0.39 is 156 Å². The zero-order valence-electron chi connectivity index (χ0n) is 72.2. The predicted octanol–water partition coefficient (Wildman–Crippen LogP) is 35.4. The second-order valence-corrected chi connectivity index (χ2v) is 31.6. The number of halogens is 41. The Bertz CT molecular complexity index is 1830. The fourth-order valence-electron chi connectivity index (χ4n) is 0.956. The molecule has 4 unspecified atom stereocenters. The van der Waals surface area contributed by atoms with E-state index in [1.54, 1.807) is 13.8 Å². The van der Waals surface area contributed by atoms with E-state index in [1.807, 2.05) is 6.92 Å². The molecule has 0 fully saturated rings. The van der Waals surface area contributed by atoms with Crippen LogP contribution in [0.1, 0.15) is 282 Å². The summed E-state index contributed by atoms with van der Waals surface area (Å²) in [4.78, 5) is 0. The van der Waals surface area contributed by atoms with E-state index >= 15 is 0 Å². The molecule has 0 aromatic carbocycles. The molecule has 0 spiro atoms. The number of hydrogen-bond acceptors (Lipinski definition) is 0. The van der Waals surface area contributed by atoms with Gasteiger partial charge >= 0.3 is 55.6 Å². The van der Waals surface area contributed by atoms with Crippen LogP contribution in [0.2, 0.25) is 0 Å². The van der Waals surface area contributed by atoms with Gasteiger partial charge in [0, 0.05) is 11.8 Å². The van der Waals surface area contributed by atoms with Crippen LogP contribution in [0.25, 0.3) is 0 Å². The highest BCUT2D eigenvalue weighted by Crippen LogP contribution is 2.49. The highest BCUT2D eigenvalue weighted by Gasteiger charge is 2.64. The van der Waals surface area contributed by atoms with Crippen molar-refractivity contribution < 1.29 is 180 Å². The smallest absolute Gasteiger partial charge is 0.255 e. The summed E-state index contributed by atoms with van der Waals surface area (Å²) in [5.41, 5.74) is -18.0. The third kappa shape index (κ3) is 128. The molecule has 706 valence electrons. The van der Waals surface area contributed by atoms with Gasteiger partial charge in [-0.3, -0.25) is 8.78 Å². The fourth-order valence-corrected chi connectivity index (χ4v) is 0.956. The largest absolute Gasteiger partial charge is 0.424 e. The van der Waals surface area contributed by atoms with Crippen LogP contribution < -0.4 is 0 Å². The summed E-state index contributed by atoms with van der Waals surface area (Å²) in [6.45, 7) is 47.0. The Kier molecular flexibility index (Phi) is 83.6. The Balaban J connectivity index is -0.0000000577. The molecule has 0 aliphatic rings. The van der Waals surface area contributed by atoms with Crippen molar-refractivity contribution in [3.63, 3.8) is 0 Å². The van der Waals surface area contributed by atoms with E-state index in [1.165, 1.54) is 68.7 Å². The third-order valence-corrected chi connectivity index (χ3v) is 11.1. The van der Waals surface area contributed by atoms with Gasteiger partial charge in [-0.15, -0.1) is 0 Å². The lowest BCUT2D eigenvalue weighted by molar-refractivity contribution is -0.327. The molecule has 41 heteroatoms. The Hall–Kier alpha value is -2.87. The van der Waals surface area contributed by atoms with Crippen LogP contribution in [-0.4, -0.2) is 129 Å². The molecular weight excluding hydrogens is 1630 g/mol. The molecule has 112 heavy (non-hydrogen) atoms. The van der Waals surface area contributed by atoms with Gasteiger partial charge in [0.05, 0.1) is 25.7 Å². The third-order valence-electron chi connectivity index (χ3n) is 11.1. The van der Waals surface area contributed by atoms with Gasteiger partial charge in [0.2, 0.25) is 17.3 Å². The van der Waals surface area contributed by atoms with E-state index in [0.717, 1.165) is 60.3 Å². The van der Waals surface area contributed by atoms with Crippen LogP contribution in [-0.2, 0) is 0 Å². The van der Waals surface area contributed by atoms with E-state index in [9.17, 15) is 180 Å². The molecule has 0 aromatic heterocycles. The van der Waals surface area contributed by atoms with Gasteiger partial charge in [-0.25, -0.2) is 52.7 Å². The first-order valence-electron chi connectivity index (χ1n) is 33.6. The van der Waals surface area contributed by atoms with E-state index in [2.05, 4.69) is 69.2 Å². The molecule has 0 bridgehead atoms. The van der Waals surface area contributed by atoms with Crippen molar-refractivity contribution in [2.75, 3.05) is 27.7 Å². The van der Waals surface area contributed by atoms with Gasteiger partial charge < -0.3 is 0 Å². The molecule has 0 radical (unpaired) electrons. The normalized spacial score (nSPS) is 14.1. The van der Waals surface area contributed by atoms with Crippen molar-refractivity contribution in [1.29, 1.82) is 0 Å². The minimum Gasteiger partial charge on any atom is -0.255 e. The van der Waals surface area contributed by atoms with Gasteiger partial charge in [0.1, 0.15) is 36.3 Å². The summed E-state index contributed by atoms with van der Waals surface area (Å²) < 4.78 is 468. The van der Waals surface area contributed by atoms with Gasteiger partial charge in [0.15, 0.2) is 11.1 Å². The van der Waals surface area contributed by atoms with Crippen molar-refractivity contribution in [2.45, 2.75) is 383 Å². The van der Waals surface area contributed by atoms with Crippen LogP contribution in [0, 0.1) is 51.8 Å². The highest BCUT2D eigenvalue weighted by atomic mass is 19.5. The maximum atomic E-state index is 12.2. The topological polar surface area (TPSA) is 0 Å². The summed E-state index contributed by atoms with van der Waals surface area (Å²) in [6, 6.07) is 0. The minimum atomic E-state index is -5.24. The molecular formula is C71H135F41. The molecule has 0 nitrogen and oxygen atoms in total. The molecule has 0 amide bonds. The Morgan fingerprint density at radius 3 is 0.438 bits per heavy atom. The molecule has 0 saturated carbocycles. The molecule has 0 aliphatic heterocycles.